The van der Waals surface area contributed by atoms with E-state index in [1.807, 2.05) is 24.3 Å². The van der Waals surface area contributed by atoms with Crippen molar-refractivity contribution in [3.05, 3.63) is 79.1 Å². The zero-order valence-electron chi connectivity index (χ0n) is 20.2. The van der Waals surface area contributed by atoms with Crippen molar-refractivity contribution >= 4 is 33.4 Å². The monoisotopic (exact) mass is 503 g/mol. The lowest BCUT2D eigenvalue weighted by molar-refractivity contribution is -0.122. The Morgan fingerprint density at radius 3 is 2.66 bits per heavy atom. The molecule has 1 aromatic carbocycles. The van der Waals surface area contributed by atoms with Crippen molar-refractivity contribution < 1.29 is 9.18 Å². The van der Waals surface area contributed by atoms with Crippen LogP contribution in [0, 0.1) is 11.7 Å². The van der Waals surface area contributed by atoms with Crippen LogP contribution in [0.25, 0.3) is 55.7 Å². The molecule has 0 radical (unpaired) electrons. The number of fused-ring (bicyclic) bond motifs is 2. The molecule has 9 heteroatoms. The van der Waals surface area contributed by atoms with Gasteiger partial charge in [0.15, 0.2) is 0 Å². The van der Waals surface area contributed by atoms with Gasteiger partial charge in [0.25, 0.3) is 0 Å². The molecule has 1 saturated carbocycles. The van der Waals surface area contributed by atoms with Crippen molar-refractivity contribution in [3.8, 4) is 33.9 Å². The van der Waals surface area contributed by atoms with Crippen LogP contribution in [0.3, 0.4) is 0 Å². The molecule has 8 nitrogen and oxygen atoms in total. The number of carbonyl (C=O) groups is 1. The molecule has 5 aromatic heterocycles. The number of hydrogen-bond donors (Lipinski definition) is 3. The molecule has 0 bridgehead atoms. The fourth-order valence-corrected chi connectivity index (χ4v) is 4.89. The molecule has 7 rings (SSSR count). The first-order valence-electron chi connectivity index (χ1n) is 12.5. The molecule has 1 fully saturated rings. The number of halogens is 1. The van der Waals surface area contributed by atoms with Crippen LogP contribution < -0.4 is 5.32 Å². The first kappa shape index (κ1) is 22.3. The summed E-state index contributed by atoms with van der Waals surface area (Å²) in [4.78, 5) is 29.2. The standard InChI is InChI=1S/C29H22FN7O/c30-22-7-2-1-6-19(22)27-20-12-25(35-23(20)8-9-32-27)28-21-11-24(33-15-26(21)36-37-28)17-10-18(14-31-13-17)34-29(38)16-4-3-5-16/h1-2,6-16,35H,3-5H2,(H,34,38)(H,36,37). The summed E-state index contributed by atoms with van der Waals surface area (Å²) < 4.78 is 14.6. The van der Waals surface area contributed by atoms with Gasteiger partial charge in [-0.15, -0.1) is 0 Å². The molecular weight excluding hydrogens is 481 g/mol. The number of pyridine rings is 3. The summed E-state index contributed by atoms with van der Waals surface area (Å²) in [5.41, 5.74) is 6.24. The van der Waals surface area contributed by atoms with Gasteiger partial charge in [0, 0.05) is 45.7 Å². The molecule has 1 aliphatic carbocycles. The van der Waals surface area contributed by atoms with Gasteiger partial charge in [-0.05, 0) is 49.2 Å². The van der Waals surface area contributed by atoms with Crippen LogP contribution in [-0.2, 0) is 4.79 Å². The number of aromatic nitrogens is 6. The molecule has 0 unspecified atom stereocenters. The van der Waals surface area contributed by atoms with E-state index in [4.69, 9.17) is 0 Å². The predicted octanol–water partition coefficient (Wildman–Crippen LogP) is 6.11. The van der Waals surface area contributed by atoms with Crippen LogP contribution in [-0.4, -0.2) is 36.0 Å². The van der Waals surface area contributed by atoms with E-state index in [-0.39, 0.29) is 17.6 Å². The first-order valence-corrected chi connectivity index (χ1v) is 12.5. The lowest BCUT2D eigenvalue weighted by Crippen LogP contribution is -2.28. The number of nitrogens with zero attached hydrogens (tertiary/aromatic N) is 4. The van der Waals surface area contributed by atoms with Crippen LogP contribution in [0.15, 0.2) is 73.3 Å². The average Bonchev–Trinajstić information content (AvgIpc) is 3.52. The Morgan fingerprint density at radius 1 is 0.947 bits per heavy atom. The summed E-state index contributed by atoms with van der Waals surface area (Å²) in [7, 11) is 0. The minimum Gasteiger partial charge on any atom is -0.353 e. The maximum absolute atomic E-state index is 14.6. The second kappa shape index (κ2) is 8.88. The maximum atomic E-state index is 14.6. The number of rotatable bonds is 5. The van der Waals surface area contributed by atoms with Gasteiger partial charge in [-0.2, -0.15) is 5.10 Å². The summed E-state index contributed by atoms with van der Waals surface area (Å²) in [6.45, 7) is 0. The van der Waals surface area contributed by atoms with Crippen molar-refractivity contribution in [3.63, 3.8) is 0 Å². The van der Waals surface area contributed by atoms with Gasteiger partial charge in [0.1, 0.15) is 11.5 Å². The Kier molecular flexibility index (Phi) is 5.21. The number of amides is 1. The van der Waals surface area contributed by atoms with E-state index >= 15 is 0 Å². The van der Waals surface area contributed by atoms with Crippen molar-refractivity contribution in [2.24, 2.45) is 5.92 Å². The fraction of sp³-hybridized carbons (Fsp3) is 0.138. The van der Waals surface area contributed by atoms with Crippen LogP contribution in [0.4, 0.5) is 10.1 Å². The third kappa shape index (κ3) is 3.80. The molecule has 0 saturated heterocycles. The van der Waals surface area contributed by atoms with Gasteiger partial charge in [-0.3, -0.25) is 24.8 Å². The average molecular weight is 504 g/mol. The Labute approximate surface area is 216 Å². The van der Waals surface area contributed by atoms with Crippen LogP contribution in [0.1, 0.15) is 19.3 Å². The summed E-state index contributed by atoms with van der Waals surface area (Å²) in [5.74, 6) is -0.193. The van der Waals surface area contributed by atoms with Gasteiger partial charge in [-0.25, -0.2) is 4.39 Å². The lowest BCUT2D eigenvalue weighted by atomic mass is 9.85. The predicted molar refractivity (Wildman–Crippen MR) is 144 cm³/mol. The molecule has 38 heavy (non-hydrogen) atoms. The Bertz CT molecular complexity index is 1840. The number of anilines is 1. The summed E-state index contributed by atoms with van der Waals surface area (Å²) in [6, 6.07) is 14.3. The quantitative estimate of drug-likeness (QED) is 0.263. The van der Waals surface area contributed by atoms with E-state index in [0.29, 0.717) is 28.3 Å². The third-order valence-corrected chi connectivity index (χ3v) is 7.16. The number of hydrogen-bond acceptors (Lipinski definition) is 5. The molecule has 0 spiro atoms. The SMILES string of the molecule is O=C(Nc1cncc(-c2cc3c(-c4cc5c(-c6ccccc6F)nccc5[nH]4)n[nH]c3cn2)c1)C1CCC1. The van der Waals surface area contributed by atoms with Crippen LogP contribution in [0.2, 0.25) is 0 Å². The van der Waals surface area contributed by atoms with Gasteiger partial charge >= 0.3 is 0 Å². The van der Waals surface area contributed by atoms with E-state index in [1.54, 1.807) is 43.0 Å². The Morgan fingerprint density at radius 2 is 1.82 bits per heavy atom. The highest BCUT2D eigenvalue weighted by atomic mass is 19.1. The molecule has 0 aliphatic heterocycles. The highest BCUT2D eigenvalue weighted by Crippen LogP contribution is 2.35. The van der Waals surface area contributed by atoms with E-state index in [9.17, 15) is 9.18 Å². The highest BCUT2D eigenvalue weighted by Gasteiger charge is 2.25. The maximum Gasteiger partial charge on any atom is 0.227 e. The van der Waals surface area contributed by atoms with Gasteiger partial charge in [0.2, 0.25) is 5.91 Å². The first-order chi connectivity index (χ1) is 18.6. The number of H-pyrrole nitrogens is 2. The van der Waals surface area contributed by atoms with Gasteiger partial charge < -0.3 is 10.3 Å². The van der Waals surface area contributed by atoms with E-state index < -0.39 is 0 Å². The molecule has 186 valence electrons. The Balaban J connectivity index is 1.27. The van der Waals surface area contributed by atoms with Gasteiger partial charge in [0.05, 0.1) is 40.7 Å². The normalized spacial score (nSPS) is 13.6. The minimum absolute atomic E-state index is 0.0405. The van der Waals surface area contributed by atoms with E-state index in [1.165, 1.54) is 6.07 Å². The number of carbonyl (C=O) groups excluding carboxylic acids is 1. The zero-order chi connectivity index (χ0) is 25.6. The smallest absolute Gasteiger partial charge is 0.227 e. The molecule has 3 N–H and O–H groups in total. The molecule has 1 aliphatic rings. The van der Waals surface area contributed by atoms with Crippen molar-refractivity contribution in [2.75, 3.05) is 5.32 Å². The van der Waals surface area contributed by atoms with E-state index in [2.05, 4.69) is 35.5 Å². The number of aromatic amines is 2. The number of nitrogens with one attached hydrogen (secondary N) is 3. The highest BCUT2D eigenvalue weighted by molar-refractivity contribution is 6.00. The zero-order valence-corrected chi connectivity index (χ0v) is 20.2. The van der Waals surface area contributed by atoms with Crippen molar-refractivity contribution in [1.82, 2.24) is 30.1 Å². The number of benzene rings is 1. The van der Waals surface area contributed by atoms with Crippen molar-refractivity contribution in [2.45, 2.75) is 19.3 Å². The van der Waals surface area contributed by atoms with Crippen LogP contribution >= 0.6 is 0 Å². The Hall–Kier alpha value is -4.92. The molecule has 5 heterocycles. The van der Waals surface area contributed by atoms with Crippen molar-refractivity contribution in [1.29, 1.82) is 0 Å². The fourth-order valence-electron chi connectivity index (χ4n) is 4.89. The second-order valence-corrected chi connectivity index (χ2v) is 9.55. The molecule has 1 amide bonds. The minimum atomic E-state index is -0.323. The molecule has 6 aromatic rings. The molecular formula is C29H22FN7O. The van der Waals surface area contributed by atoms with Gasteiger partial charge in [-0.1, -0.05) is 18.6 Å². The van der Waals surface area contributed by atoms with Crippen LogP contribution in [0.5, 0.6) is 0 Å². The largest absolute Gasteiger partial charge is 0.353 e. The molecule has 0 atom stereocenters. The topological polar surface area (TPSA) is 112 Å². The lowest BCUT2D eigenvalue weighted by Gasteiger charge is -2.24. The summed E-state index contributed by atoms with van der Waals surface area (Å²) in [5, 5.41) is 12.2. The second-order valence-electron chi connectivity index (χ2n) is 9.55. The summed E-state index contributed by atoms with van der Waals surface area (Å²) >= 11 is 0. The summed E-state index contributed by atoms with van der Waals surface area (Å²) in [6.07, 6.45) is 9.74. The third-order valence-electron chi connectivity index (χ3n) is 7.16. The van der Waals surface area contributed by atoms with E-state index in [0.717, 1.165) is 52.3 Å².